The number of nitrogens with zero attached hydrogens (tertiary/aromatic N) is 1. The molecule has 11 heteroatoms. The number of aliphatic hydroxyl groups excluding tert-OH is 1. The van der Waals surface area contributed by atoms with Gasteiger partial charge in [-0.3, -0.25) is 4.79 Å². The van der Waals surface area contributed by atoms with Crippen molar-refractivity contribution in [1.29, 1.82) is 0 Å². The summed E-state index contributed by atoms with van der Waals surface area (Å²) in [6.45, 7) is -0.711. The molecule has 1 amide bonds. The second-order valence-corrected chi connectivity index (χ2v) is 9.13. The van der Waals surface area contributed by atoms with E-state index in [0.717, 1.165) is 28.6 Å². The Bertz CT molecular complexity index is 1070. The minimum Gasteiger partial charge on any atom is -0.390 e. The van der Waals surface area contributed by atoms with E-state index in [-0.39, 0.29) is 35.7 Å². The van der Waals surface area contributed by atoms with Gasteiger partial charge < -0.3 is 10.4 Å². The monoisotopic (exact) mass is 462 g/mol. The Morgan fingerprint density at radius 3 is 2.57 bits per heavy atom. The number of amides is 1. The van der Waals surface area contributed by atoms with Crippen LogP contribution in [0.25, 0.3) is 0 Å². The highest BCUT2D eigenvalue weighted by atomic mass is 35.5. The highest BCUT2D eigenvalue weighted by Crippen LogP contribution is 2.26. The van der Waals surface area contributed by atoms with E-state index in [0.29, 0.717) is 0 Å². The van der Waals surface area contributed by atoms with Crippen LogP contribution in [0, 0.1) is 11.6 Å². The molecule has 1 fully saturated rings. The second-order valence-electron chi connectivity index (χ2n) is 6.82. The third-order valence-electron chi connectivity index (χ3n) is 4.69. The molecule has 0 spiro atoms. The van der Waals surface area contributed by atoms with Crippen molar-refractivity contribution in [2.75, 3.05) is 18.4 Å². The van der Waals surface area contributed by atoms with Gasteiger partial charge in [0, 0.05) is 24.3 Å². The van der Waals surface area contributed by atoms with E-state index in [1.54, 1.807) is 0 Å². The van der Waals surface area contributed by atoms with Crippen molar-refractivity contribution in [3.05, 3.63) is 58.6 Å². The van der Waals surface area contributed by atoms with Crippen molar-refractivity contribution in [1.82, 2.24) is 4.31 Å². The molecule has 1 aliphatic rings. The standard InChI is InChI=1S/C19H18ClF3N2O4S/c20-13-9-12(4-6-14(13)21)24-19(27)11-3-5-15(22)18(8-11)30(28,29)25-7-1-2-17(26)16(23)10-25/h3-6,8-9,16-17,26H,1-2,7,10H2,(H,24,27). The number of carbonyl (C=O) groups is 1. The van der Waals surface area contributed by atoms with Crippen LogP contribution in [-0.2, 0) is 10.0 Å². The number of hydrogen-bond acceptors (Lipinski definition) is 4. The molecule has 0 saturated carbocycles. The first kappa shape index (κ1) is 22.5. The summed E-state index contributed by atoms with van der Waals surface area (Å²) in [6.07, 6.45) is -2.82. The minimum absolute atomic E-state index is 0.0817. The Hall–Kier alpha value is -2.14. The zero-order chi connectivity index (χ0) is 22.1. The topological polar surface area (TPSA) is 86.7 Å². The predicted molar refractivity (Wildman–Crippen MR) is 105 cm³/mol. The molecule has 2 aromatic rings. The summed E-state index contributed by atoms with van der Waals surface area (Å²) in [7, 11) is -4.46. The van der Waals surface area contributed by atoms with Crippen LogP contribution in [0.2, 0.25) is 5.02 Å². The van der Waals surface area contributed by atoms with Gasteiger partial charge in [-0.05, 0) is 49.2 Å². The lowest BCUT2D eigenvalue weighted by molar-refractivity contribution is 0.0732. The molecule has 3 rings (SSSR count). The molecule has 2 unspecified atom stereocenters. The van der Waals surface area contributed by atoms with Crippen LogP contribution in [0.15, 0.2) is 41.3 Å². The lowest BCUT2D eigenvalue weighted by atomic mass is 10.1. The summed E-state index contributed by atoms with van der Waals surface area (Å²) in [4.78, 5) is 11.7. The largest absolute Gasteiger partial charge is 0.390 e. The molecule has 1 heterocycles. The zero-order valence-electron chi connectivity index (χ0n) is 15.5. The van der Waals surface area contributed by atoms with Gasteiger partial charge in [0.2, 0.25) is 10.0 Å². The fourth-order valence-corrected chi connectivity index (χ4v) is 4.80. The maximum Gasteiger partial charge on any atom is 0.255 e. The van der Waals surface area contributed by atoms with E-state index in [2.05, 4.69) is 5.32 Å². The Balaban J connectivity index is 1.88. The smallest absolute Gasteiger partial charge is 0.255 e. The van der Waals surface area contributed by atoms with Crippen LogP contribution in [-0.4, -0.2) is 49.1 Å². The normalized spacial score (nSPS) is 20.6. The minimum atomic E-state index is -4.46. The van der Waals surface area contributed by atoms with Crippen LogP contribution >= 0.6 is 11.6 Å². The molecule has 30 heavy (non-hydrogen) atoms. The molecule has 0 aliphatic carbocycles. The summed E-state index contributed by atoms with van der Waals surface area (Å²) >= 11 is 5.66. The van der Waals surface area contributed by atoms with Crippen LogP contribution in [0.3, 0.4) is 0 Å². The molecule has 6 nitrogen and oxygen atoms in total. The van der Waals surface area contributed by atoms with Crippen molar-refractivity contribution >= 4 is 33.2 Å². The first-order valence-corrected chi connectivity index (χ1v) is 10.8. The van der Waals surface area contributed by atoms with Crippen LogP contribution in [0.4, 0.5) is 18.9 Å². The van der Waals surface area contributed by atoms with Crippen LogP contribution < -0.4 is 5.32 Å². The number of benzene rings is 2. The van der Waals surface area contributed by atoms with Gasteiger partial charge in [-0.15, -0.1) is 0 Å². The number of hydrogen-bond donors (Lipinski definition) is 2. The maximum absolute atomic E-state index is 14.3. The predicted octanol–water partition coefficient (Wildman–Crippen LogP) is 3.35. The van der Waals surface area contributed by atoms with Gasteiger partial charge in [0.25, 0.3) is 5.91 Å². The summed E-state index contributed by atoms with van der Waals surface area (Å²) in [6, 6.07) is 6.21. The van der Waals surface area contributed by atoms with Crippen LogP contribution in [0.1, 0.15) is 23.2 Å². The summed E-state index contributed by atoms with van der Waals surface area (Å²) in [5.41, 5.74) is -0.0241. The first-order valence-electron chi connectivity index (χ1n) is 8.98. The molecule has 0 bridgehead atoms. The Kier molecular flexibility index (Phi) is 6.71. The first-order chi connectivity index (χ1) is 14.1. The molecule has 1 aliphatic heterocycles. The van der Waals surface area contributed by atoms with Gasteiger partial charge in [0.1, 0.15) is 22.7 Å². The molecular formula is C19H18ClF3N2O4S. The van der Waals surface area contributed by atoms with Gasteiger partial charge in [-0.1, -0.05) is 11.6 Å². The number of sulfonamides is 1. The van der Waals surface area contributed by atoms with E-state index in [1.807, 2.05) is 0 Å². The number of aliphatic hydroxyl groups is 1. The zero-order valence-corrected chi connectivity index (χ0v) is 17.1. The number of alkyl halides is 1. The molecule has 162 valence electrons. The summed E-state index contributed by atoms with van der Waals surface area (Å²) in [5, 5.41) is 11.8. The van der Waals surface area contributed by atoms with Crippen molar-refractivity contribution in [3.8, 4) is 0 Å². The van der Waals surface area contributed by atoms with E-state index in [1.165, 1.54) is 12.1 Å². The van der Waals surface area contributed by atoms with Gasteiger partial charge in [-0.2, -0.15) is 4.31 Å². The number of halogens is 4. The fraction of sp³-hybridized carbons (Fsp3) is 0.316. The van der Waals surface area contributed by atoms with Gasteiger partial charge in [-0.25, -0.2) is 21.6 Å². The lowest BCUT2D eigenvalue weighted by Crippen LogP contribution is -2.38. The van der Waals surface area contributed by atoms with Crippen molar-refractivity contribution in [3.63, 3.8) is 0 Å². The average molecular weight is 463 g/mol. The van der Waals surface area contributed by atoms with E-state index < -0.39 is 51.3 Å². The quantitative estimate of drug-likeness (QED) is 0.729. The molecule has 1 saturated heterocycles. The SMILES string of the molecule is O=C(Nc1ccc(F)c(Cl)c1)c1ccc(F)c(S(=O)(=O)N2CCCC(O)C(F)C2)c1. The number of nitrogens with one attached hydrogen (secondary N) is 1. The summed E-state index contributed by atoms with van der Waals surface area (Å²) < 4.78 is 68.1. The van der Waals surface area contributed by atoms with E-state index in [9.17, 15) is 31.5 Å². The Labute approximate surface area is 176 Å². The number of rotatable bonds is 4. The van der Waals surface area contributed by atoms with Crippen molar-refractivity contribution in [2.45, 2.75) is 30.0 Å². The molecule has 2 atom stereocenters. The molecule has 2 N–H and O–H groups in total. The second kappa shape index (κ2) is 8.93. The third kappa shape index (κ3) is 4.77. The highest BCUT2D eigenvalue weighted by Gasteiger charge is 2.34. The molecule has 0 aromatic heterocycles. The van der Waals surface area contributed by atoms with Crippen LogP contribution in [0.5, 0.6) is 0 Å². The van der Waals surface area contributed by atoms with Gasteiger partial charge in [0.15, 0.2) is 0 Å². The van der Waals surface area contributed by atoms with Gasteiger partial charge >= 0.3 is 0 Å². The number of carbonyl (C=O) groups excluding carboxylic acids is 1. The Morgan fingerprint density at radius 1 is 1.17 bits per heavy atom. The molecule has 0 radical (unpaired) electrons. The third-order valence-corrected chi connectivity index (χ3v) is 6.86. The van der Waals surface area contributed by atoms with E-state index in [4.69, 9.17) is 11.6 Å². The van der Waals surface area contributed by atoms with Crippen molar-refractivity contribution < 1.29 is 31.5 Å². The number of anilines is 1. The van der Waals surface area contributed by atoms with Gasteiger partial charge in [0.05, 0.1) is 11.1 Å². The maximum atomic E-state index is 14.3. The van der Waals surface area contributed by atoms with Crippen molar-refractivity contribution in [2.24, 2.45) is 0 Å². The molecular weight excluding hydrogens is 445 g/mol. The van der Waals surface area contributed by atoms with E-state index >= 15 is 0 Å². The summed E-state index contributed by atoms with van der Waals surface area (Å²) in [5.74, 6) is -2.56. The Morgan fingerprint density at radius 2 is 1.87 bits per heavy atom. The highest BCUT2D eigenvalue weighted by molar-refractivity contribution is 7.89. The fourth-order valence-electron chi connectivity index (χ4n) is 3.04. The average Bonchev–Trinajstić information content (AvgIpc) is 2.86. The molecule has 2 aromatic carbocycles. The lowest BCUT2D eigenvalue weighted by Gasteiger charge is -2.22.